The standard InChI is InChI=1S/C12H18N2O3/c1-4-12(3,17)7-13-10-6-5-9(11(15)16)8(2)14-10/h5-6,17H,4,7H2,1-3H3,(H,13,14)(H,15,16). The van der Waals surface area contributed by atoms with Crippen molar-refractivity contribution in [3.8, 4) is 0 Å². The predicted molar refractivity (Wildman–Crippen MR) is 65.3 cm³/mol. The van der Waals surface area contributed by atoms with Gasteiger partial charge in [-0.15, -0.1) is 0 Å². The lowest BCUT2D eigenvalue weighted by molar-refractivity contribution is 0.0686. The minimum absolute atomic E-state index is 0.192. The van der Waals surface area contributed by atoms with E-state index < -0.39 is 11.6 Å². The van der Waals surface area contributed by atoms with Crippen molar-refractivity contribution in [2.24, 2.45) is 0 Å². The van der Waals surface area contributed by atoms with E-state index in [-0.39, 0.29) is 5.56 Å². The number of carbonyl (C=O) groups is 1. The van der Waals surface area contributed by atoms with Crippen LogP contribution in [-0.2, 0) is 0 Å². The number of aromatic carboxylic acids is 1. The summed E-state index contributed by atoms with van der Waals surface area (Å²) in [4.78, 5) is 14.9. The van der Waals surface area contributed by atoms with Crippen LogP contribution in [0.5, 0.6) is 0 Å². The highest BCUT2D eigenvalue weighted by molar-refractivity contribution is 5.89. The largest absolute Gasteiger partial charge is 0.478 e. The second kappa shape index (κ2) is 5.14. The monoisotopic (exact) mass is 238 g/mol. The highest BCUT2D eigenvalue weighted by atomic mass is 16.4. The zero-order valence-electron chi connectivity index (χ0n) is 10.3. The number of aryl methyl sites for hydroxylation is 1. The van der Waals surface area contributed by atoms with E-state index >= 15 is 0 Å². The molecule has 0 aromatic carbocycles. The van der Waals surface area contributed by atoms with E-state index in [4.69, 9.17) is 5.11 Å². The Labute approximate surface area is 101 Å². The number of hydrogen-bond donors (Lipinski definition) is 3. The molecule has 0 aliphatic carbocycles. The maximum atomic E-state index is 10.8. The molecular formula is C12H18N2O3. The molecule has 5 heteroatoms. The molecule has 1 heterocycles. The van der Waals surface area contributed by atoms with Crippen molar-refractivity contribution >= 4 is 11.8 Å². The van der Waals surface area contributed by atoms with Crippen molar-refractivity contribution < 1.29 is 15.0 Å². The molecule has 0 radical (unpaired) electrons. The smallest absolute Gasteiger partial charge is 0.337 e. The number of anilines is 1. The molecule has 1 aromatic heterocycles. The zero-order chi connectivity index (χ0) is 13.1. The molecule has 0 aliphatic rings. The van der Waals surface area contributed by atoms with Gasteiger partial charge in [-0.1, -0.05) is 6.92 Å². The van der Waals surface area contributed by atoms with Gasteiger partial charge in [0.05, 0.1) is 16.9 Å². The lowest BCUT2D eigenvalue weighted by atomic mass is 10.0. The van der Waals surface area contributed by atoms with Gasteiger partial charge >= 0.3 is 5.97 Å². The van der Waals surface area contributed by atoms with Crippen LogP contribution in [0, 0.1) is 6.92 Å². The number of rotatable bonds is 5. The number of carboxylic acids is 1. The number of aliphatic hydroxyl groups is 1. The topological polar surface area (TPSA) is 82.5 Å². The molecule has 1 aromatic rings. The highest BCUT2D eigenvalue weighted by Crippen LogP contribution is 2.13. The van der Waals surface area contributed by atoms with Gasteiger partial charge in [0.15, 0.2) is 0 Å². The van der Waals surface area contributed by atoms with E-state index in [9.17, 15) is 9.90 Å². The summed E-state index contributed by atoms with van der Waals surface area (Å²) in [6.45, 7) is 5.65. The molecule has 5 nitrogen and oxygen atoms in total. The second-order valence-electron chi connectivity index (χ2n) is 4.34. The van der Waals surface area contributed by atoms with E-state index in [1.807, 2.05) is 6.92 Å². The minimum Gasteiger partial charge on any atom is -0.478 e. The fourth-order valence-electron chi connectivity index (χ4n) is 1.29. The highest BCUT2D eigenvalue weighted by Gasteiger charge is 2.17. The molecule has 94 valence electrons. The lowest BCUT2D eigenvalue weighted by Gasteiger charge is -2.22. The van der Waals surface area contributed by atoms with E-state index in [0.29, 0.717) is 24.5 Å². The molecule has 17 heavy (non-hydrogen) atoms. The van der Waals surface area contributed by atoms with Gasteiger partial charge in [-0.2, -0.15) is 0 Å². The molecule has 1 rings (SSSR count). The average molecular weight is 238 g/mol. The Morgan fingerprint density at radius 1 is 1.53 bits per heavy atom. The molecule has 0 bridgehead atoms. The quantitative estimate of drug-likeness (QED) is 0.726. The van der Waals surface area contributed by atoms with E-state index in [1.165, 1.54) is 6.07 Å². The molecule has 0 spiro atoms. The van der Waals surface area contributed by atoms with E-state index in [0.717, 1.165) is 0 Å². The molecule has 1 unspecified atom stereocenters. The first-order chi connectivity index (χ1) is 7.85. The molecule has 0 saturated heterocycles. The third-order valence-corrected chi connectivity index (χ3v) is 2.73. The summed E-state index contributed by atoms with van der Waals surface area (Å²) >= 11 is 0. The molecule has 0 saturated carbocycles. The Bertz CT molecular complexity index is 416. The van der Waals surface area contributed by atoms with Crippen molar-refractivity contribution in [2.45, 2.75) is 32.8 Å². The van der Waals surface area contributed by atoms with Crippen LogP contribution in [0.15, 0.2) is 12.1 Å². The third kappa shape index (κ3) is 3.71. The fourth-order valence-corrected chi connectivity index (χ4v) is 1.29. The van der Waals surface area contributed by atoms with Gasteiger partial charge in [-0.3, -0.25) is 0 Å². The van der Waals surface area contributed by atoms with Crippen LogP contribution in [0.4, 0.5) is 5.82 Å². The Balaban J connectivity index is 2.75. The van der Waals surface area contributed by atoms with Crippen molar-refractivity contribution in [3.05, 3.63) is 23.4 Å². The third-order valence-electron chi connectivity index (χ3n) is 2.73. The fraction of sp³-hybridized carbons (Fsp3) is 0.500. The summed E-state index contributed by atoms with van der Waals surface area (Å²) in [7, 11) is 0. The van der Waals surface area contributed by atoms with Crippen LogP contribution in [0.1, 0.15) is 36.3 Å². The van der Waals surface area contributed by atoms with Crippen LogP contribution in [0.25, 0.3) is 0 Å². The summed E-state index contributed by atoms with van der Waals surface area (Å²) in [5.41, 5.74) is -0.141. The predicted octanol–water partition coefficient (Wildman–Crippen LogP) is 1.66. The average Bonchev–Trinajstić information content (AvgIpc) is 2.26. The van der Waals surface area contributed by atoms with Crippen LogP contribution < -0.4 is 5.32 Å². The van der Waals surface area contributed by atoms with Gasteiger partial charge in [-0.05, 0) is 32.4 Å². The minimum atomic E-state index is -0.984. The summed E-state index contributed by atoms with van der Waals surface area (Å²) < 4.78 is 0. The van der Waals surface area contributed by atoms with Gasteiger partial charge in [0.1, 0.15) is 5.82 Å². The van der Waals surface area contributed by atoms with Crippen LogP contribution in [0.2, 0.25) is 0 Å². The first-order valence-electron chi connectivity index (χ1n) is 5.53. The number of hydrogen-bond acceptors (Lipinski definition) is 4. The first kappa shape index (κ1) is 13.4. The Morgan fingerprint density at radius 3 is 2.65 bits per heavy atom. The zero-order valence-corrected chi connectivity index (χ0v) is 10.3. The molecule has 0 amide bonds. The number of nitrogens with one attached hydrogen (secondary N) is 1. The van der Waals surface area contributed by atoms with Crippen LogP contribution in [0.3, 0.4) is 0 Å². The van der Waals surface area contributed by atoms with Gasteiger partial charge in [0, 0.05) is 6.54 Å². The molecule has 3 N–H and O–H groups in total. The summed E-state index contributed by atoms with van der Waals surface area (Å²) in [6, 6.07) is 3.11. The van der Waals surface area contributed by atoms with Gasteiger partial charge in [-0.25, -0.2) is 9.78 Å². The van der Waals surface area contributed by atoms with Crippen LogP contribution in [-0.4, -0.2) is 33.3 Å². The van der Waals surface area contributed by atoms with E-state index in [1.54, 1.807) is 19.9 Å². The number of pyridine rings is 1. The van der Waals surface area contributed by atoms with Crippen LogP contribution >= 0.6 is 0 Å². The lowest BCUT2D eigenvalue weighted by Crippen LogP contribution is -2.32. The normalized spacial score (nSPS) is 14.1. The van der Waals surface area contributed by atoms with Gasteiger partial charge in [0.25, 0.3) is 0 Å². The summed E-state index contributed by atoms with van der Waals surface area (Å²) in [5, 5.41) is 21.7. The maximum absolute atomic E-state index is 10.8. The van der Waals surface area contributed by atoms with Crippen molar-refractivity contribution in [1.29, 1.82) is 0 Å². The Morgan fingerprint density at radius 2 is 2.18 bits per heavy atom. The van der Waals surface area contributed by atoms with Gasteiger partial charge in [0.2, 0.25) is 0 Å². The number of aromatic nitrogens is 1. The van der Waals surface area contributed by atoms with Crippen molar-refractivity contribution in [3.63, 3.8) is 0 Å². The Hall–Kier alpha value is -1.62. The summed E-state index contributed by atoms with van der Waals surface area (Å²) in [5.74, 6) is -0.414. The van der Waals surface area contributed by atoms with Crippen molar-refractivity contribution in [1.82, 2.24) is 4.98 Å². The SMILES string of the molecule is CCC(C)(O)CNc1ccc(C(=O)O)c(C)n1. The number of nitrogens with zero attached hydrogens (tertiary/aromatic N) is 1. The molecule has 0 aliphatic heterocycles. The molecular weight excluding hydrogens is 220 g/mol. The molecule has 1 atom stereocenters. The maximum Gasteiger partial charge on any atom is 0.337 e. The number of carboxylic acid groups (broad SMARTS) is 1. The van der Waals surface area contributed by atoms with E-state index in [2.05, 4.69) is 10.3 Å². The van der Waals surface area contributed by atoms with Crippen molar-refractivity contribution in [2.75, 3.05) is 11.9 Å². The molecule has 0 fully saturated rings. The first-order valence-corrected chi connectivity index (χ1v) is 5.53. The summed E-state index contributed by atoms with van der Waals surface area (Å²) in [6.07, 6.45) is 0.631. The van der Waals surface area contributed by atoms with Gasteiger partial charge < -0.3 is 15.5 Å². The second-order valence-corrected chi connectivity index (χ2v) is 4.34. The Kier molecular flexibility index (Phi) is 4.07.